The van der Waals surface area contributed by atoms with Gasteiger partial charge in [0, 0.05) is 48.1 Å². The number of nitrogens with two attached hydrogens (primary N) is 1. The van der Waals surface area contributed by atoms with Crippen LogP contribution >= 0.6 is 0 Å². The molecule has 6 heteroatoms. The number of oxime groups is 1. The normalized spacial score (nSPS) is 12.1. The van der Waals surface area contributed by atoms with Crippen molar-refractivity contribution < 1.29 is 5.21 Å². The first-order chi connectivity index (χ1) is 10.3. The van der Waals surface area contributed by atoms with Gasteiger partial charge in [-0.1, -0.05) is 17.3 Å². The number of rotatable bonds is 5. The van der Waals surface area contributed by atoms with E-state index in [-0.39, 0.29) is 5.84 Å². The van der Waals surface area contributed by atoms with Gasteiger partial charge in [-0.05, 0) is 18.6 Å². The highest BCUT2D eigenvalue weighted by Gasteiger charge is 2.08. The number of imidazole rings is 1. The van der Waals surface area contributed by atoms with Crippen LogP contribution in [0.1, 0.15) is 12.0 Å². The van der Waals surface area contributed by atoms with Crippen LogP contribution < -0.4 is 5.73 Å². The second-order valence-electron chi connectivity index (χ2n) is 4.89. The predicted octanol–water partition coefficient (Wildman–Crippen LogP) is 2.02. The zero-order valence-electron chi connectivity index (χ0n) is 11.6. The van der Waals surface area contributed by atoms with Gasteiger partial charge in [0.25, 0.3) is 0 Å². The summed E-state index contributed by atoms with van der Waals surface area (Å²) in [5.74, 6) is 0.136. The molecule has 0 radical (unpaired) electrons. The monoisotopic (exact) mass is 283 g/mol. The molecule has 0 saturated heterocycles. The average Bonchev–Trinajstić information content (AvgIpc) is 3.16. The second-order valence-corrected chi connectivity index (χ2v) is 4.89. The summed E-state index contributed by atoms with van der Waals surface area (Å²) in [5.41, 5.74) is 7.56. The molecular weight excluding hydrogens is 266 g/mol. The average molecular weight is 283 g/mol. The summed E-state index contributed by atoms with van der Waals surface area (Å²) in [6, 6.07) is 7.82. The summed E-state index contributed by atoms with van der Waals surface area (Å²) in [4.78, 5) is 4.03. The maximum Gasteiger partial charge on any atom is 0.170 e. The first kappa shape index (κ1) is 13.2. The largest absolute Gasteiger partial charge is 0.409 e. The van der Waals surface area contributed by atoms with E-state index in [9.17, 15) is 0 Å². The lowest BCUT2D eigenvalue weighted by Gasteiger charge is -2.07. The van der Waals surface area contributed by atoms with Gasteiger partial charge in [0.05, 0.1) is 6.33 Å². The third kappa shape index (κ3) is 2.60. The van der Waals surface area contributed by atoms with Gasteiger partial charge in [-0.3, -0.25) is 0 Å². The van der Waals surface area contributed by atoms with Gasteiger partial charge < -0.3 is 20.1 Å². The summed E-state index contributed by atoms with van der Waals surface area (Å²) in [5, 5.41) is 12.9. The minimum absolute atomic E-state index is 0.136. The molecule has 0 aliphatic heterocycles. The van der Waals surface area contributed by atoms with E-state index in [1.807, 2.05) is 43.0 Å². The van der Waals surface area contributed by atoms with Crippen LogP contribution in [0.25, 0.3) is 10.9 Å². The molecule has 0 saturated carbocycles. The third-order valence-electron chi connectivity index (χ3n) is 3.57. The van der Waals surface area contributed by atoms with Crippen molar-refractivity contribution >= 4 is 16.7 Å². The maximum atomic E-state index is 8.85. The van der Waals surface area contributed by atoms with E-state index in [0.29, 0.717) is 0 Å². The molecule has 0 aliphatic carbocycles. The maximum absolute atomic E-state index is 8.85. The molecule has 0 amide bonds. The first-order valence-electron chi connectivity index (χ1n) is 6.81. The lowest BCUT2D eigenvalue weighted by molar-refractivity contribution is 0.318. The Labute approximate surface area is 122 Å². The van der Waals surface area contributed by atoms with Crippen LogP contribution in [0, 0.1) is 0 Å². The number of nitrogens with zero attached hydrogens (tertiary/aromatic N) is 4. The molecular formula is C15H17N5O. The fraction of sp³-hybridized carbons (Fsp3) is 0.200. The zero-order chi connectivity index (χ0) is 14.7. The molecule has 0 atom stereocenters. The van der Waals surface area contributed by atoms with Gasteiger partial charge in [0.1, 0.15) is 0 Å². The van der Waals surface area contributed by atoms with Crippen LogP contribution in [-0.4, -0.2) is 25.2 Å². The number of aromatic nitrogens is 3. The van der Waals surface area contributed by atoms with E-state index in [2.05, 4.69) is 19.3 Å². The van der Waals surface area contributed by atoms with Crippen LogP contribution in [0.15, 0.2) is 54.3 Å². The fourth-order valence-corrected chi connectivity index (χ4v) is 2.54. The Morgan fingerprint density at radius 3 is 2.90 bits per heavy atom. The number of fused-ring (bicyclic) bond motifs is 1. The third-order valence-corrected chi connectivity index (χ3v) is 3.57. The van der Waals surface area contributed by atoms with Crippen molar-refractivity contribution in [2.45, 2.75) is 19.5 Å². The quantitative estimate of drug-likeness (QED) is 0.325. The van der Waals surface area contributed by atoms with Gasteiger partial charge in [0.2, 0.25) is 0 Å². The van der Waals surface area contributed by atoms with Crippen LogP contribution in [-0.2, 0) is 13.1 Å². The summed E-state index contributed by atoms with van der Waals surface area (Å²) in [6.07, 6.45) is 8.61. The molecule has 3 aromatic rings. The van der Waals surface area contributed by atoms with Crippen molar-refractivity contribution in [3.8, 4) is 0 Å². The van der Waals surface area contributed by atoms with Gasteiger partial charge in [-0.25, -0.2) is 4.98 Å². The van der Waals surface area contributed by atoms with Gasteiger partial charge in [-0.15, -0.1) is 0 Å². The highest BCUT2D eigenvalue weighted by Crippen LogP contribution is 2.20. The van der Waals surface area contributed by atoms with Crippen molar-refractivity contribution in [1.29, 1.82) is 0 Å². The summed E-state index contributed by atoms with van der Waals surface area (Å²) in [6.45, 7) is 1.83. The number of benzene rings is 1. The lowest BCUT2D eigenvalue weighted by atomic mass is 10.1. The molecule has 21 heavy (non-hydrogen) atoms. The Morgan fingerprint density at radius 1 is 1.24 bits per heavy atom. The number of hydrogen-bond donors (Lipinski definition) is 2. The van der Waals surface area contributed by atoms with Crippen molar-refractivity contribution in [2.75, 3.05) is 0 Å². The standard InChI is InChI=1S/C15H17N5O/c16-15(18-21)13-3-1-4-14-12(13)5-9-20(14)8-2-7-19-10-6-17-11-19/h1,3-6,9-11,21H,2,7-8H2,(H2,16,18). The van der Waals surface area contributed by atoms with Crippen molar-refractivity contribution in [2.24, 2.45) is 10.9 Å². The van der Waals surface area contributed by atoms with E-state index in [0.717, 1.165) is 36.0 Å². The smallest absolute Gasteiger partial charge is 0.170 e. The van der Waals surface area contributed by atoms with Crippen LogP contribution in [0.4, 0.5) is 0 Å². The van der Waals surface area contributed by atoms with Gasteiger partial charge >= 0.3 is 0 Å². The molecule has 0 unspecified atom stereocenters. The minimum atomic E-state index is 0.136. The summed E-state index contributed by atoms with van der Waals surface area (Å²) >= 11 is 0. The Hall–Kier alpha value is -2.76. The van der Waals surface area contributed by atoms with E-state index in [1.165, 1.54) is 0 Å². The van der Waals surface area contributed by atoms with Crippen LogP contribution in [0.5, 0.6) is 0 Å². The highest BCUT2D eigenvalue weighted by molar-refractivity contribution is 6.08. The molecule has 0 aliphatic rings. The molecule has 3 N–H and O–H groups in total. The van der Waals surface area contributed by atoms with Crippen LogP contribution in [0.3, 0.4) is 0 Å². The molecule has 0 fully saturated rings. The lowest BCUT2D eigenvalue weighted by Crippen LogP contribution is -2.13. The van der Waals surface area contributed by atoms with E-state index >= 15 is 0 Å². The SMILES string of the molecule is N/C(=N/O)c1cccc2c1ccn2CCCn1ccnc1. The number of aryl methyl sites for hydroxylation is 2. The summed E-state index contributed by atoms with van der Waals surface area (Å²) in [7, 11) is 0. The van der Waals surface area contributed by atoms with Crippen molar-refractivity contribution in [1.82, 2.24) is 14.1 Å². The molecule has 2 heterocycles. The molecule has 3 rings (SSSR count). The number of amidine groups is 1. The Bertz CT molecular complexity index is 758. The Kier molecular flexibility index (Phi) is 3.59. The Morgan fingerprint density at radius 2 is 2.14 bits per heavy atom. The predicted molar refractivity (Wildman–Crippen MR) is 81.3 cm³/mol. The van der Waals surface area contributed by atoms with E-state index in [1.54, 1.807) is 6.20 Å². The van der Waals surface area contributed by atoms with Crippen molar-refractivity contribution in [3.63, 3.8) is 0 Å². The molecule has 0 bridgehead atoms. The van der Waals surface area contributed by atoms with E-state index in [4.69, 9.17) is 10.9 Å². The minimum Gasteiger partial charge on any atom is -0.409 e. The fourth-order valence-electron chi connectivity index (χ4n) is 2.54. The van der Waals surface area contributed by atoms with Crippen LogP contribution in [0.2, 0.25) is 0 Å². The molecule has 108 valence electrons. The molecule has 6 nitrogen and oxygen atoms in total. The number of hydrogen-bond acceptors (Lipinski definition) is 3. The Balaban J connectivity index is 1.80. The second kappa shape index (κ2) is 5.70. The molecule has 0 spiro atoms. The topological polar surface area (TPSA) is 81.4 Å². The first-order valence-corrected chi connectivity index (χ1v) is 6.81. The van der Waals surface area contributed by atoms with Crippen molar-refractivity contribution in [3.05, 3.63) is 54.7 Å². The molecule has 2 aromatic heterocycles. The van der Waals surface area contributed by atoms with E-state index < -0.39 is 0 Å². The highest BCUT2D eigenvalue weighted by atomic mass is 16.4. The van der Waals surface area contributed by atoms with Gasteiger partial charge in [0.15, 0.2) is 5.84 Å². The zero-order valence-corrected chi connectivity index (χ0v) is 11.6. The summed E-state index contributed by atoms with van der Waals surface area (Å²) < 4.78 is 4.24. The molecule has 1 aromatic carbocycles. The van der Waals surface area contributed by atoms with Gasteiger partial charge in [-0.2, -0.15) is 0 Å².